The van der Waals surface area contributed by atoms with Crippen LogP contribution < -0.4 is 9.62 Å². The van der Waals surface area contributed by atoms with Crippen molar-refractivity contribution in [3.63, 3.8) is 0 Å². The minimum absolute atomic E-state index is 0.0377. The zero-order chi connectivity index (χ0) is 33.4. The monoisotopic (exact) mass is 671 g/mol. The third kappa shape index (κ3) is 8.82. The molecule has 0 saturated heterocycles. The molecule has 9 heteroatoms. The molecule has 4 aromatic carbocycles. The highest BCUT2D eigenvalue weighted by Crippen LogP contribution is 2.30. The molecular formula is C38H42ClN3O4S. The Balaban J connectivity index is 1.57. The Labute approximate surface area is 283 Å². The van der Waals surface area contributed by atoms with Crippen molar-refractivity contribution in [3.8, 4) is 0 Å². The Morgan fingerprint density at radius 1 is 0.830 bits per heavy atom. The fraction of sp³-hybridized carbons (Fsp3) is 0.316. The molecular weight excluding hydrogens is 630 g/mol. The first kappa shape index (κ1) is 34.2. The van der Waals surface area contributed by atoms with Gasteiger partial charge in [0, 0.05) is 24.0 Å². The van der Waals surface area contributed by atoms with E-state index in [1.807, 2.05) is 67.6 Å². The maximum absolute atomic E-state index is 14.7. The Morgan fingerprint density at radius 3 is 2.09 bits per heavy atom. The number of carbonyl (C=O) groups is 2. The second-order valence-corrected chi connectivity index (χ2v) is 14.6. The van der Waals surface area contributed by atoms with Gasteiger partial charge in [-0.15, -0.1) is 0 Å². The number of hydrogen-bond acceptors (Lipinski definition) is 4. The lowest BCUT2D eigenvalue weighted by Gasteiger charge is -2.35. The highest BCUT2D eigenvalue weighted by atomic mass is 35.5. The molecule has 0 bridgehead atoms. The van der Waals surface area contributed by atoms with Crippen molar-refractivity contribution >= 4 is 39.1 Å². The van der Waals surface area contributed by atoms with E-state index in [1.54, 1.807) is 49.4 Å². The number of anilines is 1. The number of aryl methyl sites for hydroxylation is 2. The van der Waals surface area contributed by atoms with Crippen LogP contribution >= 0.6 is 11.6 Å². The number of sulfonamides is 1. The molecule has 47 heavy (non-hydrogen) atoms. The first-order chi connectivity index (χ1) is 22.6. The number of hydrogen-bond donors (Lipinski definition) is 1. The summed E-state index contributed by atoms with van der Waals surface area (Å²) in [6.07, 6.45) is 5.31. The van der Waals surface area contributed by atoms with Crippen LogP contribution in [0.1, 0.15) is 54.4 Å². The summed E-state index contributed by atoms with van der Waals surface area (Å²) in [7, 11) is -4.21. The number of nitrogens with one attached hydrogen (secondary N) is 1. The average molecular weight is 672 g/mol. The van der Waals surface area contributed by atoms with E-state index in [4.69, 9.17) is 11.6 Å². The number of amides is 2. The van der Waals surface area contributed by atoms with Crippen molar-refractivity contribution in [3.05, 3.63) is 130 Å². The van der Waals surface area contributed by atoms with Crippen LogP contribution in [-0.4, -0.2) is 43.8 Å². The summed E-state index contributed by atoms with van der Waals surface area (Å²) >= 11 is 6.39. The lowest BCUT2D eigenvalue weighted by Crippen LogP contribution is -2.55. The third-order valence-corrected chi connectivity index (χ3v) is 10.8. The molecule has 0 heterocycles. The molecule has 1 saturated carbocycles. The molecule has 4 aromatic rings. The van der Waals surface area contributed by atoms with Gasteiger partial charge in [0.25, 0.3) is 10.0 Å². The molecule has 0 spiro atoms. The molecule has 0 unspecified atom stereocenters. The van der Waals surface area contributed by atoms with Gasteiger partial charge >= 0.3 is 0 Å². The molecule has 5 rings (SSSR count). The van der Waals surface area contributed by atoms with Gasteiger partial charge in [0.2, 0.25) is 11.8 Å². The van der Waals surface area contributed by atoms with Crippen LogP contribution in [0, 0.1) is 13.8 Å². The normalized spacial score (nSPS) is 14.3. The number of carbonyl (C=O) groups excluding carboxylic acids is 2. The van der Waals surface area contributed by atoms with Gasteiger partial charge in [-0.3, -0.25) is 13.9 Å². The van der Waals surface area contributed by atoms with Gasteiger partial charge in [-0.1, -0.05) is 115 Å². The van der Waals surface area contributed by atoms with Crippen LogP contribution in [-0.2, 0) is 32.6 Å². The van der Waals surface area contributed by atoms with Crippen LogP contribution in [0.4, 0.5) is 5.69 Å². The highest BCUT2D eigenvalue weighted by molar-refractivity contribution is 7.92. The van der Waals surface area contributed by atoms with E-state index < -0.39 is 28.5 Å². The number of nitrogens with zero attached hydrogens (tertiary/aromatic N) is 2. The zero-order valence-corrected chi connectivity index (χ0v) is 28.5. The zero-order valence-electron chi connectivity index (χ0n) is 26.9. The van der Waals surface area contributed by atoms with Gasteiger partial charge in [-0.25, -0.2) is 8.42 Å². The fourth-order valence-corrected chi connectivity index (χ4v) is 7.72. The van der Waals surface area contributed by atoms with Crippen LogP contribution in [0.25, 0.3) is 0 Å². The van der Waals surface area contributed by atoms with E-state index in [0.29, 0.717) is 16.3 Å². The summed E-state index contributed by atoms with van der Waals surface area (Å²) in [6, 6.07) is 29.8. The fourth-order valence-electron chi connectivity index (χ4n) is 6.08. The molecule has 246 valence electrons. The molecule has 0 aliphatic heterocycles. The standard InChI is InChI=1S/C38H42ClN3O4S/c1-28-18-22-34(23-19-28)47(45,46)42(35-25-32(39)21-20-29(35)2)27-37(43)41(26-31-14-8-4-9-15-31)36(24-30-12-6-3-7-13-30)38(44)40-33-16-10-5-11-17-33/h3-4,6-9,12-15,18-23,25,33,36H,5,10-11,16-17,24,26-27H2,1-2H3,(H,40,44)/t36-/m1/s1. The summed E-state index contributed by atoms with van der Waals surface area (Å²) in [6.45, 7) is 3.27. The first-order valence-electron chi connectivity index (χ1n) is 16.1. The average Bonchev–Trinajstić information content (AvgIpc) is 3.08. The molecule has 1 atom stereocenters. The van der Waals surface area contributed by atoms with Gasteiger partial charge in [0.05, 0.1) is 10.6 Å². The van der Waals surface area contributed by atoms with Crippen molar-refractivity contribution in [2.75, 3.05) is 10.8 Å². The van der Waals surface area contributed by atoms with E-state index in [-0.39, 0.29) is 29.8 Å². The van der Waals surface area contributed by atoms with E-state index in [2.05, 4.69) is 5.32 Å². The van der Waals surface area contributed by atoms with Gasteiger partial charge < -0.3 is 10.2 Å². The second-order valence-electron chi connectivity index (χ2n) is 12.3. The SMILES string of the molecule is Cc1ccc(S(=O)(=O)N(CC(=O)N(Cc2ccccc2)[C@H](Cc2ccccc2)C(=O)NC2CCCCC2)c2cc(Cl)ccc2C)cc1. The van der Waals surface area contributed by atoms with E-state index in [1.165, 1.54) is 4.90 Å². The Bertz CT molecular complexity index is 1760. The van der Waals surface area contributed by atoms with Gasteiger partial charge in [-0.05, 0) is 67.6 Å². The summed E-state index contributed by atoms with van der Waals surface area (Å²) in [4.78, 5) is 30.5. The molecule has 1 N–H and O–H groups in total. The third-order valence-electron chi connectivity index (χ3n) is 8.75. The van der Waals surface area contributed by atoms with Crippen LogP contribution in [0.5, 0.6) is 0 Å². The summed E-state index contributed by atoms with van der Waals surface area (Å²) in [5.41, 5.74) is 3.58. The summed E-state index contributed by atoms with van der Waals surface area (Å²) < 4.78 is 29.8. The lowest BCUT2D eigenvalue weighted by molar-refractivity contribution is -0.140. The van der Waals surface area contributed by atoms with Crippen molar-refractivity contribution in [2.24, 2.45) is 0 Å². The Morgan fingerprint density at radius 2 is 1.45 bits per heavy atom. The Hall–Kier alpha value is -4.14. The van der Waals surface area contributed by atoms with Crippen molar-refractivity contribution in [2.45, 2.75) is 75.9 Å². The van der Waals surface area contributed by atoms with Crippen LogP contribution in [0.2, 0.25) is 5.02 Å². The van der Waals surface area contributed by atoms with Crippen molar-refractivity contribution in [1.82, 2.24) is 10.2 Å². The maximum atomic E-state index is 14.7. The number of halogens is 1. The number of rotatable bonds is 12. The van der Waals surface area contributed by atoms with E-state index in [0.717, 1.165) is 53.1 Å². The number of benzene rings is 4. The Kier molecular flexibility index (Phi) is 11.4. The molecule has 0 radical (unpaired) electrons. The quantitative estimate of drug-likeness (QED) is 0.172. The smallest absolute Gasteiger partial charge is 0.264 e. The van der Waals surface area contributed by atoms with Crippen molar-refractivity contribution in [1.29, 1.82) is 0 Å². The molecule has 1 fully saturated rings. The molecule has 1 aliphatic rings. The van der Waals surface area contributed by atoms with Gasteiger partial charge in [0.1, 0.15) is 12.6 Å². The first-order valence-corrected chi connectivity index (χ1v) is 18.0. The molecule has 2 amide bonds. The lowest BCUT2D eigenvalue weighted by atomic mass is 9.94. The second kappa shape index (κ2) is 15.6. The molecule has 7 nitrogen and oxygen atoms in total. The topological polar surface area (TPSA) is 86.8 Å². The van der Waals surface area contributed by atoms with Crippen LogP contribution in [0.15, 0.2) is 108 Å². The van der Waals surface area contributed by atoms with E-state index in [9.17, 15) is 18.0 Å². The van der Waals surface area contributed by atoms with Gasteiger partial charge in [0.15, 0.2) is 0 Å². The van der Waals surface area contributed by atoms with Gasteiger partial charge in [-0.2, -0.15) is 0 Å². The maximum Gasteiger partial charge on any atom is 0.264 e. The molecule has 0 aromatic heterocycles. The molecule has 1 aliphatic carbocycles. The predicted octanol–water partition coefficient (Wildman–Crippen LogP) is 7.24. The van der Waals surface area contributed by atoms with Crippen molar-refractivity contribution < 1.29 is 18.0 Å². The summed E-state index contributed by atoms with van der Waals surface area (Å²) in [5.74, 6) is -0.736. The predicted molar refractivity (Wildman–Crippen MR) is 188 cm³/mol. The largest absolute Gasteiger partial charge is 0.352 e. The highest BCUT2D eigenvalue weighted by Gasteiger charge is 2.36. The van der Waals surface area contributed by atoms with E-state index >= 15 is 0 Å². The summed E-state index contributed by atoms with van der Waals surface area (Å²) in [5, 5.41) is 3.59. The minimum atomic E-state index is -4.21. The van der Waals surface area contributed by atoms with Crippen LogP contribution in [0.3, 0.4) is 0 Å². The minimum Gasteiger partial charge on any atom is -0.352 e.